The minimum Gasteiger partial charge on any atom is -0.481 e. The smallest absolute Gasteiger partial charge is 0.267 e. The molecule has 14 nitrogen and oxygen atoms in total. The van der Waals surface area contributed by atoms with Crippen molar-refractivity contribution in [2.24, 2.45) is 10.1 Å². The zero-order chi connectivity index (χ0) is 37.2. The van der Waals surface area contributed by atoms with Crippen LogP contribution < -0.4 is 26.7 Å². The van der Waals surface area contributed by atoms with Crippen molar-refractivity contribution in [2.45, 2.75) is 38.8 Å². The molecule has 0 unspecified atom stereocenters. The Bertz CT molecular complexity index is 2330. The number of ether oxygens (including phenoxy) is 1. The predicted octanol–water partition coefficient (Wildman–Crippen LogP) is 3.85. The molecule has 0 fully saturated rings. The molecule has 268 valence electrons. The fraction of sp³-hybridized carbons (Fsp3) is 0.273. The normalized spacial score (nSPS) is 12.7. The van der Waals surface area contributed by atoms with Gasteiger partial charge >= 0.3 is 0 Å². The first-order valence-electron chi connectivity index (χ1n) is 15.4. The molecule has 2 aromatic carbocycles. The lowest BCUT2D eigenvalue weighted by Gasteiger charge is -2.25. The number of nitrogens with zero attached hydrogens (tertiary/aromatic N) is 6. The van der Waals surface area contributed by atoms with E-state index in [1.54, 1.807) is 12.3 Å². The van der Waals surface area contributed by atoms with Crippen LogP contribution in [0.4, 0.5) is 14.5 Å². The number of pyridine rings is 1. The summed E-state index contributed by atoms with van der Waals surface area (Å²) in [5, 5.41) is 10.2. The number of methoxy groups -OCH3 is 1. The lowest BCUT2D eigenvalue weighted by atomic mass is 10.0. The molecule has 0 aliphatic rings. The van der Waals surface area contributed by atoms with E-state index in [1.165, 1.54) is 43.1 Å². The summed E-state index contributed by atoms with van der Waals surface area (Å²) in [6.45, 7) is 3.67. The molecule has 0 spiro atoms. The van der Waals surface area contributed by atoms with E-state index in [0.717, 1.165) is 28.6 Å². The van der Waals surface area contributed by atoms with Gasteiger partial charge in [-0.05, 0) is 47.9 Å². The molecule has 5 rings (SSSR count). The molecule has 3 heterocycles. The third-order valence-electron chi connectivity index (χ3n) is 7.65. The van der Waals surface area contributed by atoms with Crippen LogP contribution in [-0.2, 0) is 27.8 Å². The Balaban J connectivity index is 1.79. The van der Waals surface area contributed by atoms with E-state index in [9.17, 15) is 26.8 Å². The number of halogens is 3. The van der Waals surface area contributed by atoms with Crippen molar-refractivity contribution in [3.05, 3.63) is 104 Å². The number of hydrogen-bond donors (Lipinski definition) is 3. The molecule has 5 aromatic rings. The van der Waals surface area contributed by atoms with Crippen LogP contribution in [-0.4, -0.2) is 64.9 Å². The van der Waals surface area contributed by atoms with Crippen molar-refractivity contribution in [2.75, 3.05) is 25.7 Å². The summed E-state index contributed by atoms with van der Waals surface area (Å²) in [4.78, 5) is 37.2. The maximum atomic E-state index is 14.5. The zero-order valence-corrected chi connectivity index (χ0v) is 29.7. The molecule has 0 saturated heterocycles. The molecule has 1 atom stereocenters. The number of hydrogen-bond acceptors (Lipinski definition) is 9. The highest BCUT2D eigenvalue weighted by Crippen LogP contribution is 2.33. The fourth-order valence-electron chi connectivity index (χ4n) is 5.46. The van der Waals surface area contributed by atoms with Crippen molar-refractivity contribution < 1.29 is 26.7 Å². The van der Waals surface area contributed by atoms with Crippen molar-refractivity contribution in [3.8, 4) is 11.6 Å². The van der Waals surface area contributed by atoms with Crippen molar-refractivity contribution in [1.29, 1.82) is 0 Å². The van der Waals surface area contributed by atoms with Gasteiger partial charge in [-0.3, -0.25) is 18.8 Å². The van der Waals surface area contributed by atoms with Crippen LogP contribution in [0, 0.1) is 11.6 Å². The molecule has 0 aliphatic heterocycles. The number of amides is 1. The Morgan fingerprint density at radius 1 is 1.10 bits per heavy atom. The van der Waals surface area contributed by atoms with Crippen molar-refractivity contribution in [1.82, 2.24) is 29.6 Å². The summed E-state index contributed by atoms with van der Waals surface area (Å²) < 4.78 is 64.4. The quantitative estimate of drug-likeness (QED) is 0.125. The van der Waals surface area contributed by atoms with Crippen LogP contribution in [0.5, 0.6) is 5.88 Å². The highest BCUT2D eigenvalue weighted by molar-refractivity contribution is 7.89. The SMILES string of the molecule is CNc1c(-n2c([C@H](Cc3cc(F)cc(F)c3)NC(=O)Cn3ccc(C(C)C)n3)nc3nc(OC)ccc3c2=O)ccc(Cl)c1C(N)=NS(C)(=O)=O. The molecule has 18 heteroatoms. The van der Waals surface area contributed by atoms with Gasteiger partial charge in [-0.25, -0.2) is 22.2 Å². The van der Waals surface area contributed by atoms with Crippen LogP contribution >= 0.6 is 11.6 Å². The zero-order valence-electron chi connectivity index (χ0n) is 28.1. The molecule has 4 N–H and O–H groups in total. The number of rotatable bonds is 12. The van der Waals surface area contributed by atoms with Gasteiger partial charge in [0, 0.05) is 31.8 Å². The van der Waals surface area contributed by atoms with Gasteiger partial charge in [-0.15, -0.1) is 4.40 Å². The Hall–Kier alpha value is -5.42. The van der Waals surface area contributed by atoms with Gasteiger partial charge in [0.05, 0.1) is 52.4 Å². The van der Waals surface area contributed by atoms with E-state index in [4.69, 9.17) is 27.1 Å². The van der Waals surface area contributed by atoms with E-state index in [1.807, 2.05) is 13.8 Å². The Morgan fingerprint density at radius 3 is 2.41 bits per heavy atom. The molecular weight excluding hydrogens is 708 g/mol. The van der Waals surface area contributed by atoms with Crippen LogP contribution in [0.1, 0.15) is 48.5 Å². The molecule has 1 amide bonds. The number of amidine groups is 1. The third-order valence-corrected chi connectivity index (χ3v) is 8.50. The topological polar surface area (TPSA) is 188 Å². The molecule has 0 saturated carbocycles. The number of nitrogens with two attached hydrogens (primary N) is 1. The summed E-state index contributed by atoms with van der Waals surface area (Å²) in [5.74, 6) is -2.62. The van der Waals surface area contributed by atoms with E-state index in [-0.39, 0.29) is 69.1 Å². The van der Waals surface area contributed by atoms with Crippen molar-refractivity contribution in [3.63, 3.8) is 0 Å². The molecular formula is C33H34ClF2N9O5S. The Kier molecular flexibility index (Phi) is 10.7. The first kappa shape index (κ1) is 36.9. The van der Waals surface area contributed by atoms with Gasteiger partial charge in [-0.1, -0.05) is 25.4 Å². The average molecular weight is 742 g/mol. The van der Waals surface area contributed by atoms with Gasteiger partial charge in [0.15, 0.2) is 5.65 Å². The first-order valence-corrected chi connectivity index (χ1v) is 17.6. The standard InChI is InChI=1S/C33H34ClF2N9O5S/c1-17(2)23-10-11-44(42-23)16-26(46)39-24(14-18-12-19(35)15-20(36)13-18)32-41-31-21(6-9-27(40-31)50-4)33(47)45(32)25-8-7-22(34)28(29(25)38-3)30(37)43-51(5,48)49/h6-13,15,17,24,38H,14,16H2,1-5H3,(H2,37,43)(H,39,46)/t24-/m0/s1. The second kappa shape index (κ2) is 14.8. The number of sulfonamides is 1. The second-order valence-electron chi connectivity index (χ2n) is 11.8. The number of anilines is 1. The lowest BCUT2D eigenvalue weighted by Crippen LogP contribution is -2.37. The maximum Gasteiger partial charge on any atom is 0.267 e. The minimum absolute atomic E-state index is 0.00262. The molecule has 0 bridgehead atoms. The Labute approximate surface area is 296 Å². The fourth-order valence-corrected chi connectivity index (χ4v) is 6.16. The molecule has 51 heavy (non-hydrogen) atoms. The van der Waals surface area contributed by atoms with Gasteiger partial charge in [0.25, 0.3) is 15.6 Å². The summed E-state index contributed by atoms with van der Waals surface area (Å²) in [6, 6.07) is 9.20. The second-order valence-corrected chi connectivity index (χ2v) is 13.9. The largest absolute Gasteiger partial charge is 0.481 e. The number of benzene rings is 2. The summed E-state index contributed by atoms with van der Waals surface area (Å²) in [5.41, 5.74) is 6.42. The average Bonchev–Trinajstić information content (AvgIpc) is 3.51. The number of carbonyl (C=O) groups excluding carboxylic acids is 1. The molecule has 3 aromatic heterocycles. The number of aromatic nitrogens is 5. The number of nitrogens with one attached hydrogen (secondary N) is 2. The summed E-state index contributed by atoms with van der Waals surface area (Å²) in [6.07, 6.45) is 2.25. The van der Waals surface area contributed by atoms with E-state index < -0.39 is 45.0 Å². The summed E-state index contributed by atoms with van der Waals surface area (Å²) >= 11 is 6.51. The highest BCUT2D eigenvalue weighted by atomic mass is 35.5. The molecule has 0 radical (unpaired) electrons. The van der Waals surface area contributed by atoms with Crippen LogP contribution in [0.15, 0.2) is 63.9 Å². The lowest BCUT2D eigenvalue weighted by molar-refractivity contribution is -0.122. The van der Waals surface area contributed by atoms with E-state index >= 15 is 0 Å². The van der Waals surface area contributed by atoms with Crippen molar-refractivity contribution >= 4 is 50.1 Å². The monoisotopic (exact) mass is 741 g/mol. The highest BCUT2D eigenvalue weighted by Gasteiger charge is 2.28. The van der Waals surface area contributed by atoms with Gasteiger partial charge in [0.2, 0.25) is 11.8 Å². The predicted molar refractivity (Wildman–Crippen MR) is 189 cm³/mol. The number of fused-ring (bicyclic) bond motifs is 1. The molecule has 0 aliphatic carbocycles. The van der Waals surface area contributed by atoms with E-state index in [0.29, 0.717) is 6.07 Å². The maximum absolute atomic E-state index is 14.5. The van der Waals surface area contributed by atoms with Crippen LogP contribution in [0.2, 0.25) is 5.02 Å². The van der Waals surface area contributed by atoms with E-state index in [2.05, 4.69) is 25.1 Å². The third kappa shape index (κ3) is 8.32. The van der Waals surface area contributed by atoms with Gasteiger partial charge in [-0.2, -0.15) is 10.1 Å². The van der Waals surface area contributed by atoms with Gasteiger partial charge < -0.3 is 21.1 Å². The van der Waals surface area contributed by atoms with Crippen LogP contribution in [0.25, 0.3) is 16.7 Å². The first-order chi connectivity index (χ1) is 24.1. The summed E-state index contributed by atoms with van der Waals surface area (Å²) in [7, 11) is -1.11. The van der Waals surface area contributed by atoms with Crippen LogP contribution in [0.3, 0.4) is 0 Å². The Morgan fingerprint density at radius 2 is 1.80 bits per heavy atom. The number of carbonyl (C=O) groups is 1. The van der Waals surface area contributed by atoms with Gasteiger partial charge in [0.1, 0.15) is 29.8 Å². The minimum atomic E-state index is -3.98.